The van der Waals surface area contributed by atoms with Crippen molar-refractivity contribution >= 4 is 55.9 Å². The Labute approximate surface area is 112 Å². The van der Waals surface area contributed by atoms with Crippen molar-refractivity contribution in [2.45, 2.75) is 17.6 Å². The minimum absolute atomic E-state index is 0.183. The highest BCUT2D eigenvalue weighted by molar-refractivity contribution is 6.74. The number of benzene rings is 1. The van der Waals surface area contributed by atoms with Gasteiger partial charge in [0.2, 0.25) is 5.91 Å². The SMILES string of the molecule is C[Si]C(Cl)(Cl)N(C(C)=O)c1ccc(Cl)cc1. The Morgan fingerprint density at radius 3 is 2.19 bits per heavy atom. The maximum atomic E-state index is 11.6. The molecule has 1 aromatic rings. The van der Waals surface area contributed by atoms with E-state index < -0.39 is 4.08 Å². The second kappa shape index (κ2) is 5.41. The Balaban J connectivity index is 3.13. The van der Waals surface area contributed by atoms with Gasteiger partial charge in [0, 0.05) is 17.6 Å². The summed E-state index contributed by atoms with van der Waals surface area (Å²) in [5.74, 6) is -0.207. The number of halogens is 3. The van der Waals surface area contributed by atoms with Gasteiger partial charge in [-0.25, -0.2) is 0 Å². The van der Waals surface area contributed by atoms with Crippen LogP contribution in [0.4, 0.5) is 5.69 Å². The van der Waals surface area contributed by atoms with Gasteiger partial charge in [0.25, 0.3) is 0 Å². The molecule has 2 radical (unpaired) electrons. The van der Waals surface area contributed by atoms with Crippen molar-refractivity contribution in [2.75, 3.05) is 4.90 Å². The minimum atomic E-state index is -1.21. The molecule has 0 unspecified atom stereocenters. The molecule has 0 N–H and O–H groups in total. The highest BCUT2D eigenvalue weighted by Gasteiger charge is 2.33. The van der Waals surface area contributed by atoms with Gasteiger partial charge in [-0.1, -0.05) is 41.3 Å². The lowest BCUT2D eigenvalue weighted by Gasteiger charge is -2.32. The maximum Gasteiger partial charge on any atom is 0.226 e. The second-order valence-electron chi connectivity index (χ2n) is 3.12. The van der Waals surface area contributed by atoms with Crippen molar-refractivity contribution in [3.05, 3.63) is 29.3 Å². The Kier molecular flexibility index (Phi) is 4.68. The van der Waals surface area contributed by atoms with E-state index in [1.807, 2.05) is 6.55 Å². The molecule has 1 aromatic carbocycles. The molecule has 0 heterocycles. The summed E-state index contributed by atoms with van der Waals surface area (Å²) < 4.78 is -1.21. The molecular weight excluding hydrogens is 285 g/mol. The smallest absolute Gasteiger partial charge is 0.226 e. The summed E-state index contributed by atoms with van der Waals surface area (Å²) in [6, 6.07) is 6.80. The van der Waals surface area contributed by atoms with Crippen LogP contribution in [0.25, 0.3) is 0 Å². The Morgan fingerprint density at radius 1 is 1.31 bits per heavy atom. The summed E-state index contributed by atoms with van der Waals surface area (Å²) in [4.78, 5) is 12.9. The third-order valence-electron chi connectivity index (χ3n) is 1.98. The molecule has 2 nitrogen and oxygen atoms in total. The van der Waals surface area contributed by atoms with Crippen molar-refractivity contribution in [2.24, 2.45) is 0 Å². The predicted molar refractivity (Wildman–Crippen MR) is 70.7 cm³/mol. The molecule has 0 aliphatic heterocycles. The number of hydrogen-bond donors (Lipinski definition) is 0. The van der Waals surface area contributed by atoms with Gasteiger partial charge in [-0.15, -0.1) is 0 Å². The molecular formula is C10H10Cl3NOSi. The van der Waals surface area contributed by atoms with Crippen LogP contribution in [0.2, 0.25) is 11.6 Å². The van der Waals surface area contributed by atoms with E-state index >= 15 is 0 Å². The first-order valence-electron chi connectivity index (χ1n) is 4.51. The number of rotatable bonds is 3. The van der Waals surface area contributed by atoms with E-state index in [0.29, 0.717) is 10.7 Å². The topological polar surface area (TPSA) is 20.3 Å². The zero-order valence-electron chi connectivity index (χ0n) is 8.80. The van der Waals surface area contributed by atoms with Crippen molar-refractivity contribution in [3.63, 3.8) is 0 Å². The summed E-state index contributed by atoms with van der Waals surface area (Å²) in [6.45, 7) is 3.26. The monoisotopic (exact) mass is 293 g/mol. The largest absolute Gasteiger partial charge is 0.284 e. The van der Waals surface area contributed by atoms with Gasteiger partial charge in [-0.3, -0.25) is 9.69 Å². The first kappa shape index (κ1) is 13.8. The number of alkyl halides is 2. The van der Waals surface area contributed by atoms with Gasteiger partial charge >= 0.3 is 0 Å². The molecule has 0 aliphatic carbocycles. The molecule has 6 heteroatoms. The van der Waals surface area contributed by atoms with Crippen molar-refractivity contribution in [1.82, 2.24) is 0 Å². The fourth-order valence-corrected chi connectivity index (χ4v) is 2.31. The normalized spacial score (nSPS) is 11.3. The minimum Gasteiger partial charge on any atom is -0.284 e. The molecule has 0 fully saturated rings. The number of nitrogens with zero attached hydrogens (tertiary/aromatic N) is 1. The summed E-state index contributed by atoms with van der Waals surface area (Å²) in [5, 5.41) is 0.598. The van der Waals surface area contributed by atoms with Crippen LogP contribution in [0, 0.1) is 0 Å². The molecule has 86 valence electrons. The van der Waals surface area contributed by atoms with Gasteiger partial charge in [-0.2, -0.15) is 0 Å². The predicted octanol–water partition coefficient (Wildman–Crippen LogP) is 3.53. The van der Waals surface area contributed by atoms with Crippen LogP contribution in [-0.4, -0.2) is 19.5 Å². The molecule has 0 bridgehead atoms. The first-order chi connectivity index (χ1) is 7.38. The lowest BCUT2D eigenvalue weighted by atomic mass is 10.3. The summed E-state index contributed by atoms with van der Waals surface area (Å²) >= 11 is 18.0. The molecule has 0 aliphatic rings. The Hall–Kier alpha value is -0.223. The van der Waals surface area contributed by atoms with Crippen LogP contribution in [0.3, 0.4) is 0 Å². The molecule has 0 atom stereocenters. The molecule has 1 rings (SSSR count). The van der Waals surface area contributed by atoms with Crippen molar-refractivity contribution < 1.29 is 4.79 Å². The molecule has 0 saturated carbocycles. The highest BCUT2D eigenvalue weighted by Crippen LogP contribution is 2.31. The van der Waals surface area contributed by atoms with E-state index in [-0.39, 0.29) is 15.4 Å². The van der Waals surface area contributed by atoms with Crippen LogP contribution in [0.1, 0.15) is 6.92 Å². The standard InChI is InChI=1S/C10H10Cl3NOSi/c1-7(15)14(10(12,13)16-2)9-5-3-8(11)4-6-9/h3-6H,1-2H3. The van der Waals surface area contributed by atoms with E-state index in [9.17, 15) is 4.79 Å². The molecule has 0 aromatic heterocycles. The van der Waals surface area contributed by atoms with Gasteiger partial charge < -0.3 is 0 Å². The van der Waals surface area contributed by atoms with E-state index in [1.54, 1.807) is 24.3 Å². The lowest BCUT2D eigenvalue weighted by molar-refractivity contribution is -0.116. The van der Waals surface area contributed by atoms with Crippen molar-refractivity contribution in [3.8, 4) is 0 Å². The number of carbonyl (C=O) groups excluding carboxylic acids is 1. The van der Waals surface area contributed by atoms with E-state index in [0.717, 1.165) is 0 Å². The van der Waals surface area contributed by atoms with Gasteiger partial charge in [0.1, 0.15) is 9.52 Å². The Morgan fingerprint density at radius 2 is 1.81 bits per heavy atom. The van der Waals surface area contributed by atoms with Crippen LogP contribution in [0.5, 0.6) is 0 Å². The van der Waals surface area contributed by atoms with Crippen LogP contribution >= 0.6 is 34.8 Å². The number of anilines is 1. The number of carbonyl (C=O) groups is 1. The first-order valence-corrected chi connectivity index (χ1v) is 7.15. The third kappa shape index (κ3) is 3.14. The van der Waals surface area contributed by atoms with Gasteiger partial charge in [-0.05, 0) is 24.3 Å². The number of amides is 1. The molecule has 0 saturated heterocycles. The van der Waals surface area contributed by atoms with Crippen LogP contribution in [-0.2, 0) is 4.79 Å². The van der Waals surface area contributed by atoms with Gasteiger partial charge in [0.05, 0.1) is 0 Å². The van der Waals surface area contributed by atoms with Gasteiger partial charge in [0.15, 0.2) is 4.08 Å². The van der Waals surface area contributed by atoms with E-state index in [1.165, 1.54) is 11.8 Å². The zero-order chi connectivity index (χ0) is 12.3. The van der Waals surface area contributed by atoms with Crippen LogP contribution in [0.15, 0.2) is 24.3 Å². The van der Waals surface area contributed by atoms with Crippen molar-refractivity contribution in [1.29, 1.82) is 0 Å². The summed E-state index contributed by atoms with van der Waals surface area (Å²) in [5.41, 5.74) is 0.635. The second-order valence-corrected chi connectivity index (χ2v) is 6.70. The number of hydrogen-bond acceptors (Lipinski definition) is 1. The quantitative estimate of drug-likeness (QED) is 0.474. The molecule has 1 amide bonds. The highest BCUT2D eigenvalue weighted by atomic mass is 35.5. The molecule has 0 spiro atoms. The Bertz CT molecular complexity index is 380. The lowest BCUT2D eigenvalue weighted by Crippen LogP contribution is -2.46. The van der Waals surface area contributed by atoms with E-state index in [2.05, 4.69) is 0 Å². The summed E-state index contributed by atoms with van der Waals surface area (Å²) in [6.07, 6.45) is 0. The zero-order valence-corrected chi connectivity index (χ0v) is 12.1. The maximum absolute atomic E-state index is 11.6. The molecule has 16 heavy (non-hydrogen) atoms. The fraction of sp³-hybridized carbons (Fsp3) is 0.300. The van der Waals surface area contributed by atoms with Crippen LogP contribution < -0.4 is 4.90 Å². The van der Waals surface area contributed by atoms with E-state index in [4.69, 9.17) is 34.8 Å². The third-order valence-corrected chi connectivity index (χ3v) is 4.53. The fourth-order valence-electron chi connectivity index (χ4n) is 1.24. The average Bonchev–Trinajstić information content (AvgIpc) is 2.20. The summed E-state index contributed by atoms with van der Waals surface area (Å²) in [7, 11) is 0.183. The average molecular weight is 295 g/mol.